The van der Waals surface area contributed by atoms with Crippen LogP contribution in [0.15, 0.2) is 12.1 Å². The summed E-state index contributed by atoms with van der Waals surface area (Å²) < 4.78 is 7.03. The molecule has 4 heteroatoms. The summed E-state index contributed by atoms with van der Waals surface area (Å²) in [4.78, 5) is 4.55. The third-order valence-corrected chi connectivity index (χ3v) is 3.85. The molecule has 3 nitrogen and oxygen atoms in total. The Morgan fingerprint density at radius 3 is 2.78 bits per heavy atom. The largest absolute Gasteiger partial charge is 0.493 e. The normalized spacial score (nSPS) is 11.2. The summed E-state index contributed by atoms with van der Waals surface area (Å²) in [6, 6.07) is 4.28. The minimum absolute atomic E-state index is 0.445. The predicted octanol–water partition coefficient (Wildman–Crippen LogP) is 4.25. The van der Waals surface area contributed by atoms with Gasteiger partial charge in [0.25, 0.3) is 0 Å². The van der Waals surface area contributed by atoms with Crippen LogP contribution in [0.1, 0.15) is 38.7 Å². The van der Waals surface area contributed by atoms with Crippen LogP contribution in [0.2, 0.25) is 0 Å². The van der Waals surface area contributed by atoms with Gasteiger partial charge in [0.15, 0.2) is 5.13 Å². The van der Waals surface area contributed by atoms with Gasteiger partial charge < -0.3 is 10.1 Å². The van der Waals surface area contributed by atoms with Gasteiger partial charge in [-0.3, -0.25) is 0 Å². The lowest BCUT2D eigenvalue weighted by Crippen LogP contribution is -2.00. The van der Waals surface area contributed by atoms with Crippen LogP contribution in [0, 0.1) is 0 Å². The summed E-state index contributed by atoms with van der Waals surface area (Å²) in [6.45, 7) is 7.26. The molecule has 0 saturated carbocycles. The highest BCUT2D eigenvalue weighted by molar-refractivity contribution is 7.22. The average Bonchev–Trinajstić information content (AvgIpc) is 2.76. The first-order chi connectivity index (χ1) is 8.65. The summed E-state index contributed by atoms with van der Waals surface area (Å²) in [6.07, 6.45) is 1.03. The van der Waals surface area contributed by atoms with Crippen molar-refractivity contribution in [1.29, 1.82) is 0 Å². The number of nitrogens with one attached hydrogen (secondary N) is 1. The standard InChI is InChI=1S/C14H20N2OS/c1-5-6-17-12-8-13-11(7-10(12)9(2)3)16-14(15-4)18-13/h7-9H,5-6H2,1-4H3,(H,15,16). The molecule has 0 aliphatic heterocycles. The first-order valence-corrected chi connectivity index (χ1v) is 7.22. The van der Waals surface area contributed by atoms with Crippen molar-refractivity contribution in [2.45, 2.75) is 33.1 Å². The molecule has 1 N–H and O–H groups in total. The zero-order valence-electron chi connectivity index (χ0n) is 11.4. The highest BCUT2D eigenvalue weighted by Gasteiger charge is 2.12. The van der Waals surface area contributed by atoms with Gasteiger partial charge in [-0.1, -0.05) is 32.1 Å². The van der Waals surface area contributed by atoms with Gasteiger partial charge in [0.05, 0.1) is 16.8 Å². The summed E-state index contributed by atoms with van der Waals surface area (Å²) in [5.41, 5.74) is 2.29. The number of benzene rings is 1. The van der Waals surface area contributed by atoms with E-state index in [1.807, 2.05) is 7.05 Å². The van der Waals surface area contributed by atoms with Gasteiger partial charge in [0.2, 0.25) is 0 Å². The van der Waals surface area contributed by atoms with E-state index in [9.17, 15) is 0 Å². The molecule has 2 rings (SSSR count). The molecular weight excluding hydrogens is 244 g/mol. The SMILES string of the molecule is CCCOc1cc2sc(NC)nc2cc1C(C)C. The molecule has 2 aromatic rings. The molecule has 0 unspecified atom stereocenters. The van der Waals surface area contributed by atoms with Crippen molar-refractivity contribution in [2.75, 3.05) is 19.0 Å². The van der Waals surface area contributed by atoms with Crippen molar-refractivity contribution in [3.8, 4) is 5.75 Å². The Morgan fingerprint density at radius 1 is 1.39 bits per heavy atom. The van der Waals surface area contributed by atoms with Crippen molar-refractivity contribution in [1.82, 2.24) is 4.98 Å². The molecule has 0 aliphatic carbocycles. The fourth-order valence-corrected chi connectivity index (χ4v) is 2.70. The number of hydrogen-bond donors (Lipinski definition) is 1. The minimum atomic E-state index is 0.445. The van der Waals surface area contributed by atoms with E-state index < -0.39 is 0 Å². The molecule has 1 heterocycles. The summed E-state index contributed by atoms with van der Waals surface area (Å²) in [7, 11) is 1.90. The summed E-state index contributed by atoms with van der Waals surface area (Å²) in [5.74, 6) is 1.45. The van der Waals surface area contributed by atoms with Crippen molar-refractivity contribution in [2.24, 2.45) is 0 Å². The predicted molar refractivity (Wildman–Crippen MR) is 79.0 cm³/mol. The first kappa shape index (κ1) is 13.1. The third kappa shape index (κ3) is 2.58. The molecule has 0 aliphatic rings. The van der Waals surface area contributed by atoms with E-state index in [0.29, 0.717) is 5.92 Å². The van der Waals surface area contributed by atoms with Gasteiger partial charge in [0, 0.05) is 7.05 Å². The second kappa shape index (κ2) is 5.57. The van der Waals surface area contributed by atoms with Crippen LogP contribution in [-0.2, 0) is 0 Å². The molecule has 0 fully saturated rings. The molecule has 18 heavy (non-hydrogen) atoms. The van der Waals surface area contributed by atoms with Crippen LogP contribution in [0.25, 0.3) is 10.2 Å². The molecule has 0 spiro atoms. The maximum absolute atomic E-state index is 5.86. The molecule has 98 valence electrons. The van der Waals surface area contributed by atoms with E-state index >= 15 is 0 Å². The third-order valence-electron chi connectivity index (χ3n) is 2.82. The van der Waals surface area contributed by atoms with Crippen molar-refractivity contribution >= 4 is 26.7 Å². The van der Waals surface area contributed by atoms with Gasteiger partial charge in [0.1, 0.15) is 5.75 Å². The summed E-state index contributed by atoms with van der Waals surface area (Å²) >= 11 is 1.66. The topological polar surface area (TPSA) is 34.1 Å². The number of thiazole rings is 1. The average molecular weight is 264 g/mol. The molecular formula is C14H20N2OS. The van der Waals surface area contributed by atoms with Gasteiger partial charge in [-0.25, -0.2) is 4.98 Å². The molecule has 0 amide bonds. The number of rotatable bonds is 5. The Balaban J connectivity index is 2.48. The summed E-state index contributed by atoms with van der Waals surface area (Å²) in [5, 5.41) is 4.05. The lowest BCUT2D eigenvalue weighted by molar-refractivity contribution is 0.313. The van der Waals surface area contributed by atoms with Gasteiger partial charge in [-0.15, -0.1) is 0 Å². The molecule has 1 aromatic heterocycles. The van der Waals surface area contributed by atoms with Crippen LogP contribution in [0.4, 0.5) is 5.13 Å². The molecule has 0 atom stereocenters. The highest BCUT2D eigenvalue weighted by Crippen LogP contribution is 2.35. The second-order valence-electron chi connectivity index (χ2n) is 4.63. The second-order valence-corrected chi connectivity index (χ2v) is 5.66. The smallest absolute Gasteiger partial charge is 0.183 e. The fraction of sp³-hybridized carbons (Fsp3) is 0.500. The lowest BCUT2D eigenvalue weighted by Gasteiger charge is -2.13. The Labute approximate surface area is 112 Å². The molecule has 0 saturated heterocycles. The van der Waals surface area contributed by atoms with E-state index in [1.54, 1.807) is 11.3 Å². The van der Waals surface area contributed by atoms with Crippen molar-refractivity contribution in [3.63, 3.8) is 0 Å². The minimum Gasteiger partial charge on any atom is -0.493 e. The maximum Gasteiger partial charge on any atom is 0.183 e. The first-order valence-electron chi connectivity index (χ1n) is 6.40. The maximum atomic E-state index is 5.86. The molecule has 0 bridgehead atoms. The number of fused-ring (bicyclic) bond motifs is 1. The fourth-order valence-electron chi connectivity index (χ4n) is 1.87. The van der Waals surface area contributed by atoms with E-state index in [2.05, 4.69) is 43.2 Å². The van der Waals surface area contributed by atoms with Crippen LogP contribution < -0.4 is 10.1 Å². The van der Waals surface area contributed by atoms with Gasteiger partial charge in [-0.05, 0) is 30.0 Å². The Hall–Kier alpha value is -1.29. The van der Waals surface area contributed by atoms with Crippen LogP contribution in [0.3, 0.4) is 0 Å². The zero-order valence-corrected chi connectivity index (χ0v) is 12.2. The van der Waals surface area contributed by atoms with Crippen LogP contribution in [0.5, 0.6) is 5.75 Å². The number of ether oxygens (including phenoxy) is 1. The van der Waals surface area contributed by atoms with E-state index in [1.165, 1.54) is 10.3 Å². The lowest BCUT2D eigenvalue weighted by atomic mass is 10.0. The Morgan fingerprint density at radius 2 is 2.17 bits per heavy atom. The van der Waals surface area contributed by atoms with E-state index in [-0.39, 0.29) is 0 Å². The Kier molecular flexibility index (Phi) is 4.07. The number of nitrogens with zero attached hydrogens (tertiary/aromatic N) is 1. The molecule has 0 radical (unpaired) electrons. The van der Waals surface area contributed by atoms with E-state index in [0.717, 1.165) is 29.4 Å². The number of hydrogen-bond acceptors (Lipinski definition) is 4. The Bertz CT molecular complexity index is 534. The van der Waals surface area contributed by atoms with Crippen molar-refractivity contribution in [3.05, 3.63) is 17.7 Å². The zero-order chi connectivity index (χ0) is 13.1. The monoisotopic (exact) mass is 264 g/mol. The van der Waals surface area contributed by atoms with Crippen LogP contribution >= 0.6 is 11.3 Å². The van der Waals surface area contributed by atoms with Crippen LogP contribution in [-0.4, -0.2) is 18.6 Å². The number of aromatic nitrogens is 1. The van der Waals surface area contributed by atoms with E-state index in [4.69, 9.17) is 4.74 Å². The van der Waals surface area contributed by atoms with Crippen molar-refractivity contribution < 1.29 is 4.74 Å². The quantitative estimate of drug-likeness (QED) is 0.876. The molecule has 1 aromatic carbocycles. The highest BCUT2D eigenvalue weighted by atomic mass is 32.1. The van der Waals surface area contributed by atoms with Gasteiger partial charge in [-0.2, -0.15) is 0 Å². The number of anilines is 1. The van der Waals surface area contributed by atoms with Gasteiger partial charge >= 0.3 is 0 Å².